The van der Waals surface area contributed by atoms with Gasteiger partial charge in [-0.25, -0.2) is 9.18 Å². The van der Waals surface area contributed by atoms with Crippen molar-refractivity contribution in [3.63, 3.8) is 0 Å². The fourth-order valence-electron chi connectivity index (χ4n) is 3.87. The molecule has 162 valence electrons. The summed E-state index contributed by atoms with van der Waals surface area (Å²) < 4.78 is 24.7. The van der Waals surface area contributed by atoms with Crippen LogP contribution in [0, 0.1) is 5.82 Å². The molecule has 2 aromatic rings. The molecule has 6 heteroatoms. The molecule has 1 aliphatic heterocycles. The van der Waals surface area contributed by atoms with Gasteiger partial charge in [-0.05, 0) is 69.0 Å². The van der Waals surface area contributed by atoms with Crippen LogP contribution in [0.25, 0.3) is 0 Å². The van der Waals surface area contributed by atoms with Gasteiger partial charge >= 0.3 is 6.09 Å². The number of carbonyl (C=O) groups excluding carboxylic acids is 1. The van der Waals surface area contributed by atoms with Gasteiger partial charge in [0.25, 0.3) is 0 Å². The summed E-state index contributed by atoms with van der Waals surface area (Å²) in [5.74, 6) is 0.419. The van der Waals surface area contributed by atoms with Crippen LogP contribution < -0.4 is 4.74 Å². The molecule has 2 aromatic carbocycles. The van der Waals surface area contributed by atoms with E-state index in [4.69, 9.17) is 9.47 Å². The summed E-state index contributed by atoms with van der Waals surface area (Å²) in [5.41, 5.74) is -0.0507. The molecule has 2 atom stereocenters. The van der Waals surface area contributed by atoms with Gasteiger partial charge in [-0.2, -0.15) is 0 Å². The summed E-state index contributed by atoms with van der Waals surface area (Å²) in [6, 6.07) is 13.5. The number of amides is 1. The molecule has 30 heavy (non-hydrogen) atoms. The second kappa shape index (κ2) is 8.64. The van der Waals surface area contributed by atoms with Gasteiger partial charge in [-0.1, -0.05) is 24.3 Å². The lowest BCUT2D eigenvalue weighted by Crippen LogP contribution is -2.49. The summed E-state index contributed by atoms with van der Waals surface area (Å²) in [6.07, 6.45) is 1.05. The number of hydrogen-bond acceptors (Lipinski definition) is 4. The molecule has 1 amide bonds. The number of rotatable bonds is 7. The Labute approximate surface area is 177 Å². The van der Waals surface area contributed by atoms with Crippen LogP contribution in [-0.4, -0.2) is 35.4 Å². The fourth-order valence-corrected chi connectivity index (χ4v) is 3.87. The van der Waals surface area contributed by atoms with Crippen LogP contribution in [0.4, 0.5) is 9.18 Å². The highest BCUT2D eigenvalue weighted by molar-refractivity contribution is 5.70. The van der Waals surface area contributed by atoms with Crippen LogP contribution in [-0.2, 0) is 10.3 Å². The van der Waals surface area contributed by atoms with E-state index >= 15 is 0 Å². The normalized spacial score (nSPS) is 20.6. The van der Waals surface area contributed by atoms with Crippen molar-refractivity contribution in [2.45, 2.75) is 57.3 Å². The van der Waals surface area contributed by atoms with E-state index in [1.807, 2.05) is 31.2 Å². The molecule has 0 aliphatic carbocycles. The number of nitrogens with zero attached hydrogens (tertiary/aromatic N) is 1. The third-order valence-electron chi connectivity index (χ3n) is 5.85. The van der Waals surface area contributed by atoms with E-state index in [2.05, 4.69) is 0 Å². The quantitative estimate of drug-likeness (QED) is 0.677. The Balaban J connectivity index is 1.82. The van der Waals surface area contributed by atoms with E-state index in [-0.39, 0.29) is 11.9 Å². The summed E-state index contributed by atoms with van der Waals surface area (Å²) >= 11 is 0. The van der Waals surface area contributed by atoms with Gasteiger partial charge in [-0.15, -0.1) is 0 Å². The summed E-state index contributed by atoms with van der Waals surface area (Å²) in [7, 11) is 1.61. The van der Waals surface area contributed by atoms with Gasteiger partial charge in [-0.3, -0.25) is 0 Å². The van der Waals surface area contributed by atoms with Crippen LogP contribution >= 0.6 is 0 Å². The second-order valence-corrected chi connectivity index (χ2v) is 8.57. The van der Waals surface area contributed by atoms with E-state index in [0.717, 1.165) is 16.9 Å². The molecule has 1 saturated heterocycles. The van der Waals surface area contributed by atoms with E-state index in [1.165, 1.54) is 12.1 Å². The molecule has 0 aromatic heterocycles. The minimum absolute atomic E-state index is 0.163. The number of hydrogen-bond donors (Lipinski definition) is 1. The Bertz CT molecular complexity index is 860. The molecular weight excluding hydrogens is 385 g/mol. The van der Waals surface area contributed by atoms with Gasteiger partial charge < -0.3 is 19.5 Å². The van der Waals surface area contributed by atoms with E-state index in [9.17, 15) is 14.3 Å². The first kappa shape index (κ1) is 22.1. The van der Waals surface area contributed by atoms with E-state index < -0.39 is 17.3 Å². The predicted octanol–water partition coefficient (Wildman–Crippen LogP) is 5.18. The van der Waals surface area contributed by atoms with Crippen molar-refractivity contribution in [3.8, 4) is 5.75 Å². The summed E-state index contributed by atoms with van der Waals surface area (Å²) in [5, 5.41) is 10.2. The molecule has 0 saturated carbocycles. The molecular formula is C24H30FNO4. The van der Waals surface area contributed by atoms with Crippen molar-refractivity contribution in [2.24, 2.45) is 0 Å². The fraction of sp³-hybridized carbons (Fsp3) is 0.458. The van der Waals surface area contributed by atoms with Crippen molar-refractivity contribution in [2.75, 3.05) is 13.7 Å². The standard InChI is InChI=1S/C24H30FNO4/c1-17(18-5-11-21(29-4)12-6-18)26-16-15-24(30-22(26)27,14-13-23(2,3)28)19-7-9-20(25)10-8-19/h5-12,17,28H,13-16H2,1-4H3/t17-,24+/m0/s1. The Morgan fingerprint density at radius 3 is 2.37 bits per heavy atom. The average Bonchev–Trinajstić information content (AvgIpc) is 2.72. The maximum atomic E-state index is 13.5. The number of cyclic esters (lactones) is 1. The zero-order chi connectivity index (χ0) is 21.9. The zero-order valence-electron chi connectivity index (χ0n) is 18.0. The zero-order valence-corrected chi connectivity index (χ0v) is 18.0. The maximum absolute atomic E-state index is 13.5. The van der Waals surface area contributed by atoms with E-state index in [0.29, 0.717) is 25.8 Å². The number of ether oxygens (including phenoxy) is 2. The molecule has 1 N–H and O–H groups in total. The van der Waals surface area contributed by atoms with Crippen LogP contribution in [0.1, 0.15) is 57.2 Å². The van der Waals surface area contributed by atoms with E-state index in [1.54, 1.807) is 38.0 Å². The Morgan fingerprint density at radius 1 is 1.20 bits per heavy atom. The third-order valence-corrected chi connectivity index (χ3v) is 5.85. The van der Waals surface area contributed by atoms with Gasteiger partial charge in [0.15, 0.2) is 0 Å². The lowest BCUT2D eigenvalue weighted by molar-refractivity contribution is -0.0768. The number of carbonyl (C=O) groups is 1. The monoisotopic (exact) mass is 415 g/mol. The highest BCUT2D eigenvalue weighted by atomic mass is 19.1. The summed E-state index contributed by atoms with van der Waals surface area (Å²) in [4.78, 5) is 14.8. The first-order valence-electron chi connectivity index (χ1n) is 10.3. The van der Waals surface area contributed by atoms with Gasteiger partial charge in [0.1, 0.15) is 17.2 Å². The molecule has 1 aliphatic rings. The highest BCUT2D eigenvalue weighted by Crippen LogP contribution is 2.41. The molecule has 0 bridgehead atoms. The number of benzene rings is 2. The smallest absolute Gasteiger partial charge is 0.411 e. The summed E-state index contributed by atoms with van der Waals surface area (Å²) in [6.45, 7) is 5.92. The van der Waals surface area contributed by atoms with Crippen molar-refractivity contribution in [3.05, 3.63) is 65.5 Å². The Morgan fingerprint density at radius 2 is 1.83 bits per heavy atom. The SMILES string of the molecule is COc1ccc([C@H](C)N2CC[C@](CCC(C)(C)O)(c3ccc(F)cc3)OC2=O)cc1. The molecule has 5 nitrogen and oxygen atoms in total. The molecule has 1 fully saturated rings. The van der Waals surface area contributed by atoms with Crippen LogP contribution in [0.5, 0.6) is 5.75 Å². The first-order valence-corrected chi connectivity index (χ1v) is 10.3. The number of aliphatic hydroxyl groups is 1. The van der Waals surface area contributed by atoms with Crippen LogP contribution in [0.15, 0.2) is 48.5 Å². The van der Waals surface area contributed by atoms with Gasteiger partial charge in [0.2, 0.25) is 0 Å². The van der Waals surface area contributed by atoms with Gasteiger partial charge in [0.05, 0.1) is 18.8 Å². The Hall–Kier alpha value is -2.60. The van der Waals surface area contributed by atoms with Crippen molar-refractivity contribution in [1.29, 1.82) is 0 Å². The Kier molecular flexibility index (Phi) is 6.36. The number of halogens is 1. The molecule has 0 unspecified atom stereocenters. The maximum Gasteiger partial charge on any atom is 0.411 e. The van der Waals surface area contributed by atoms with Crippen LogP contribution in [0.3, 0.4) is 0 Å². The molecule has 1 heterocycles. The second-order valence-electron chi connectivity index (χ2n) is 8.57. The molecule has 3 rings (SSSR count). The van der Waals surface area contributed by atoms with Crippen LogP contribution in [0.2, 0.25) is 0 Å². The molecule has 0 radical (unpaired) electrons. The lowest BCUT2D eigenvalue weighted by atomic mass is 9.82. The minimum atomic E-state index is -0.896. The van der Waals surface area contributed by atoms with Crippen molar-refractivity contribution in [1.82, 2.24) is 4.90 Å². The largest absolute Gasteiger partial charge is 0.497 e. The highest BCUT2D eigenvalue weighted by Gasteiger charge is 2.44. The first-order chi connectivity index (χ1) is 14.1. The van der Waals surface area contributed by atoms with Gasteiger partial charge in [0, 0.05) is 13.0 Å². The third kappa shape index (κ3) is 4.93. The topological polar surface area (TPSA) is 59.0 Å². The average molecular weight is 416 g/mol. The van der Waals surface area contributed by atoms with Crippen molar-refractivity contribution < 1.29 is 23.8 Å². The minimum Gasteiger partial charge on any atom is -0.497 e. The number of methoxy groups -OCH3 is 1. The molecule has 0 spiro atoms. The van der Waals surface area contributed by atoms with Crippen molar-refractivity contribution >= 4 is 6.09 Å². The predicted molar refractivity (Wildman–Crippen MR) is 113 cm³/mol. The lowest BCUT2D eigenvalue weighted by Gasteiger charge is -2.44.